The summed E-state index contributed by atoms with van der Waals surface area (Å²) in [7, 11) is 1.52. The number of nitrogens with one attached hydrogen (secondary N) is 2. The number of hydrogen-bond donors (Lipinski definition) is 2. The number of carbonyl (C=O) groups excluding carboxylic acids is 2. The van der Waals surface area contributed by atoms with E-state index in [1.807, 2.05) is 44.2 Å². The number of aryl methyl sites for hydroxylation is 1. The molecule has 0 fully saturated rings. The third-order valence-electron chi connectivity index (χ3n) is 5.56. The van der Waals surface area contributed by atoms with E-state index in [1.165, 1.54) is 7.11 Å². The Hall–Kier alpha value is -4.66. The van der Waals surface area contributed by atoms with Crippen LogP contribution in [0.15, 0.2) is 71.3 Å². The molecule has 1 aromatic heterocycles. The summed E-state index contributed by atoms with van der Waals surface area (Å²) in [4.78, 5) is 29.3. The standard InChI is InChI=1S/C27H26N4O5/c1-17-9-8-13-20(18(17)2)28-21-11-5-4-10-19(21)27(33)35-16-26-30-24(31-36-26)15-25(32)29-22-12-6-7-14-23(22)34-3/h4-14,28H,15-16H2,1-3H3,(H,29,32). The van der Waals surface area contributed by atoms with Gasteiger partial charge in [-0.3, -0.25) is 4.79 Å². The van der Waals surface area contributed by atoms with Crippen molar-refractivity contribution in [1.82, 2.24) is 10.1 Å². The normalized spacial score (nSPS) is 10.5. The van der Waals surface area contributed by atoms with Crippen LogP contribution in [0.4, 0.5) is 17.1 Å². The Kier molecular flexibility index (Phi) is 7.60. The smallest absolute Gasteiger partial charge is 0.340 e. The minimum atomic E-state index is -0.544. The van der Waals surface area contributed by atoms with Gasteiger partial charge in [-0.2, -0.15) is 4.98 Å². The first-order valence-corrected chi connectivity index (χ1v) is 11.3. The second-order valence-electron chi connectivity index (χ2n) is 8.02. The van der Waals surface area contributed by atoms with Crippen LogP contribution in [0.5, 0.6) is 5.75 Å². The predicted molar refractivity (Wildman–Crippen MR) is 134 cm³/mol. The van der Waals surface area contributed by atoms with Gasteiger partial charge in [-0.25, -0.2) is 4.79 Å². The topological polar surface area (TPSA) is 116 Å². The molecule has 9 nitrogen and oxygen atoms in total. The molecule has 0 aliphatic heterocycles. The largest absolute Gasteiger partial charge is 0.495 e. The Morgan fingerprint density at radius 2 is 1.64 bits per heavy atom. The molecule has 0 radical (unpaired) electrons. The van der Waals surface area contributed by atoms with Crippen LogP contribution in [0.2, 0.25) is 0 Å². The molecule has 4 aromatic rings. The lowest BCUT2D eigenvalue weighted by Crippen LogP contribution is -2.15. The molecule has 4 rings (SSSR count). The summed E-state index contributed by atoms with van der Waals surface area (Å²) >= 11 is 0. The van der Waals surface area contributed by atoms with Crippen molar-refractivity contribution < 1.29 is 23.6 Å². The average molecular weight is 487 g/mol. The van der Waals surface area contributed by atoms with E-state index in [4.69, 9.17) is 14.0 Å². The van der Waals surface area contributed by atoms with Gasteiger partial charge in [0.25, 0.3) is 5.89 Å². The van der Waals surface area contributed by atoms with Gasteiger partial charge < -0.3 is 24.6 Å². The summed E-state index contributed by atoms with van der Waals surface area (Å²) in [6, 6.07) is 20.1. The van der Waals surface area contributed by atoms with Gasteiger partial charge in [0.15, 0.2) is 12.4 Å². The minimum absolute atomic E-state index is 0.0865. The molecule has 9 heteroatoms. The van der Waals surface area contributed by atoms with Gasteiger partial charge in [-0.05, 0) is 55.3 Å². The van der Waals surface area contributed by atoms with Crippen molar-refractivity contribution in [3.8, 4) is 5.75 Å². The lowest BCUT2D eigenvalue weighted by atomic mass is 10.1. The summed E-state index contributed by atoms with van der Waals surface area (Å²) in [5, 5.41) is 9.86. The molecule has 0 atom stereocenters. The zero-order chi connectivity index (χ0) is 25.5. The van der Waals surface area contributed by atoms with Gasteiger partial charge >= 0.3 is 5.97 Å². The molecular weight excluding hydrogens is 460 g/mol. The van der Waals surface area contributed by atoms with Crippen molar-refractivity contribution in [2.24, 2.45) is 0 Å². The average Bonchev–Trinajstić information content (AvgIpc) is 3.33. The SMILES string of the molecule is COc1ccccc1NC(=O)Cc1noc(COC(=O)c2ccccc2Nc2cccc(C)c2C)n1. The second-order valence-corrected chi connectivity index (χ2v) is 8.02. The number of carbonyl (C=O) groups is 2. The van der Waals surface area contributed by atoms with E-state index in [1.54, 1.807) is 36.4 Å². The first-order chi connectivity index (χ1) is 17.4. The van der Waals surface area contributed by atoms with E-state index in [0.717, 1.165) is 16.8 Å². The summed E-state index contributed by atoms with van der Waals surface area (Å²) in [5.74, 6) is -0.0832. The lowest BCUT2D eigenvalue weighted by molar-refractivity contribution is -0.115. The fourth-order valence-electron chi connectivity index (χ4n) is 3.51. The molecule has 1 amide bonds. The number of amides is 1. The van der Waals surface area contributed by atoms with E-state index < -0.39 is 5.97 Å². The number of nitrogens with zero attached hydrogens (tertiary/aromatic N) is 2. The molecule has 36 heavy (non-hydrogen) atoms. The number of ether oxygens (including phenoxy) is 2. The van der Waals surface area contributed by atoms with Crippen LogP contribution in [-0.4, -0.2) is 29.1 Å². The van der Waals surface area contributed by atoms with E-state index >= 15 is 0 Å². The van der Waals surface area contributed by atoms with Crippen LogP contribution < -0.4 is 15.4 Å². The van der Waals surface area contributed by atoms with Crippen LogP contribution >= 0.6 is 0 Å². The van der Waals surface area contributed by atoms with E-state index in [2.05, 4.69) is 20.8 Å². The molecule has 3 aromatic carbocycles. The van der Waals surface area contributed by atoms with E-state index in [-0.39, 0.29) is 30.7 Å². The number of hydrogen-bond acceptors (Lipinski definition) is 8. The Morgan fingerprint density at radius 3 is 2.44 bits per heavy atom. The molecular formula is C27H26N4O5. The Morgan fingerprint density at radius 1 is 0.917 bits per heavy atom. The maximum Gasteiger partial charge on any atom is 0.340 e. The molecule has 0 aliphatic carbocycles. The van der Waals surface area contributed by atoms with Gasteiger partial charge in [0.05, 0.1) is 30.5 Å². The van der Waals surface area contributed by atoms with Crippen molar-refractivity contribution in [3.05, 3.63) is 95.1 Å². The number of esters is 1. The van der Waals surface area contributed by atoms with Crippen molar-refractivity contribution in [3.63, 3.8) is 0 Å². The first-order valence-electron chi connectivity index (χ1n) is 11.3. The number of aromatic nitrogens is 2. The van der Waals surface area contributed by atoms with Gasteiger partial charge in [-0.15, -0.1) is 0 Å². The van der Waals surface area contributed by atoms with Crippen LogP contribution in [0.3, 0.4) is 0 Å². The van der Waals surface area contributed by atoms with Crippen molar-refractivity contribution >= 4 is 28.9 Å². The molecule has 0 saturated carbocycles. The molecule has 0 bridgehead atoms. The second kappa shape index (κ2) is 11.2. The predicted octanol–water partition coefficient (Wildman–Crippen LogP) is 4.98. The molecule has 2 N–H and O–H groups in total. The maximum atomic E-state index is 12.8. The van der Waals surface area contributed by atoms with Gasteiger partial charge in [0, 0.05) is 5.69 Å². The highest BCUT2D eigenvalue weighted by Crippen LogP contribution is 2.26. The van der Waals surface area contributed by atoms with Crippen LogP contribution in [0.1, 0.15) is 33.2 Å². The molecule has 0 aliphatic rings. The van der Waals surface area contributed by atoms with Gasteiger partial charge in [0.1, 0.15) is 5.75 Å². The molecule has 0 unspecified atom stereocenters. The lowest BCUT2D eigenvalue weighted by Gasteiger charge is -2.14. The number of anilines is 3. The molecule has 184 valence electrons. The Bertz CT molecular complexity index is 1380. The van der Waals surface area contributed by atoms with Crippen molar-refractivity contribution in [2.45, 2.75) is 26.9 Å². The summed E-state index contributed by atoms with van der Waals surface area (Å²) in [6.07, 6.45) is -0.113. The fourth-order valence-corrected chi connectivity index (χ4v) is 3.51. The summed E-state index contributed by atoms with van der Waals surface area (Å²) in [6.45, 7) is 3.82. The number of benzene rings is 3. The zero-order valence-electron chi connectivity index (χ0n) is 20.2. The number of methoxy groups -OCH3 is 1. The Balaban J connectivity index is 1.36. The van der Waals surface area contributed by atoms with E-state index in [0.29, 0.717) is 22.7 Å². The maximum absolute atomic E-state index is 12.8. The third-order valence-corrected chi connectivity index (χ3v) is 5.56. The third kappa shape index (κ3) is 5.87. The first kappa shape index (κ1) is 24.5. The summed E-state index contributed by atoms with van der Waals surface area (Å²) in [5.41, 5.74) is 4.67. The zero-order valence-corrected chi connectivity index (χ0v) is 20.2. The highest BCUT2D eigenvalue weighted by Gasteiger charge is 2.17. The van der Waals surface area contributed by atoms with Crippen molar-refractivity contribution in [2.75, 3.05) is 17.7 Å². The summed E-state index contributed by atoms with van der Waals surface area (Å²) < 4.78 is 15.8. The quantitative estimate of drug-likeness (QED) is 0.318. The number of para-hydroxylation sites is 3. The molecule has 1 heterocycles. The Labute approximate surface area is 208 Å². The van der Waals surface area contributed by atoms with Crippen LogP contribution in [-0.2, 0) is 22.6 Å². The fraction of sp³-hybridized carbons (Fsp3) is 0.185. The van der Waals surface area contributed by atoms with Crippen LogP contribution in [0.25, 0.3) is 0 Å². The number of rotatable bonds is 9. The minimum Gasteiger partial charge on any atom is -0.495 e. The van der Waals surface area contributed by atoms with Crippen molar-refractivity contribution in [1.29, 1.82) is 0 Å². The monoisotopic (exact) mass is 486 g/mol. The molecule has 0 saturated heterocycles. The van der Waals surface area contributed by atoms with Crippen LogP contribution in [0, 0.1) is 13.8 Å². The highest BCUT2D eigenvalue weighted by molar-refractivity contribution is 5.96. The molecule has 0 spiro atoms. The van der Waals surface area contributed by atoms with E-state index in [9.17, 15) is 9.59 Å². The highest BCUT2D eigenvalue weighted by atomic mass is 16.6. The van der Waals surface area contributed by atoms with Gasteiger partial charge in [0.2, 0.25) is 5.91 Å². The van der Waals surface area contributed by atoms with Gasteiger partial charge in [-0.1, -0.05) is 41.6 Å².